The summed E-state index contributed by atoms with van der Waals surface area (Å²) in [5.41, 5.74) is 11.4. The summed E-state index contributed by atoms with van der Waals surface area (Å²) in [5, 5.41) is 9.20. The molecule has 0 amide bonds. The first kappa shape index (κ1) is 17.2. The summed E-state index contributed by atoms with van der Waals surface area (Å²) in [7, 11) is 1.63. The number of benzene rings is 1. The van der Waals surface area contributed by atoms with E-state index < -0.39 is 0 Å². The quantitative estimate of drug-likeness (QED) is 0.491. The van der Waals surface area contributed by atoms with Gasteiger partial charge in [-0.1, -0.05) is 11.6 Å². The third-order valence-corrected chi connectivity index (χ3v) is 3.94. The molecule has 23 heavy (non-hydrogen) atoms. The van der Waals surface area contributed by atoms with E-state index in [0.717, 1.165) is 28.3 Å². The first-order chi connectivity index (χ1) is 10.9. The molecule has 3 N–H and O–H groups in total. The van der Waals surface area contributed by atoms with Crippen LogP contribution in [-0.2, 0) is 6.54 Å². The highest BCUT2D eigenvalue weighted by atomic mass is 35.5. The molecule has 1 aromatic carbocycles. The van der Waals surface area contributed by atoms with Gasteiger partial charge in [-0.25, -0.2) is 0 Å². The molecule has 2 rings (SSSR count). The number of hydrogen-bond donors (Lipinski definition) is 2. The van der Waals surface area contributed by atoms with Gasteiger partial charge in [-0.3, -0.25) is 10.1 Å². The van der Waals surface area contributed by atoms with Gasteiger partial charge in [0.2, 0.25) is 0 Å². The van der Waals surface area contributed by atoms with Crippen LogP contribution in [-0.4, -0.2) is 28.2 Å². The standard InChI is InChI=1S/C15H18ClN5OS/c1-9-14(16)10(2)21(20-9)8-12-6-11(4-5-13(12)22-3)7-18-19-15(17)23/h4-7H,8H2,1-3H3,(H3,17,19,23)/b18-7-. The van der Waals surface area contributed by atoms with Crippen LogP contribution in [0.4, 0.5) is 0 Å². The largest absolute Gasteiger partial charge is 0.496 e. The van der Waals surface area contributed by atoms with Gasteiger partial charge in [0.05, 0.1) is 36.3 Å². The number of nitrogens with zero attached hydrogens (tertiary/aromatic N) is 3. The van der Waals surface area contributed by atoms with Gasteiger partial charge >= 0.3 is 0 Å². The monoisotopic (exact) mass is 351 g/mol. The van der Waals surface area contributed by atoms with Crippen LogP contribution in [0.3, 0.4) is 0 Å². The molecule has 122 valence electrons. The van der Waals surface area contributed by atoms with E-state index in [1.54, 1.807) is 13.3 Å². The number of methoxy groups -OCH3 is 1. The molecule has 0 radical (unpaired) electrons. The summed E-state index contributed by atoms with van der Waals surface area (Å²) in [6.07, 6.45) is 1.64. The van der Waals surface area contributed by atoms with Crippen molar-refractivity contribution in [3.8, 4) is 5.75 Å². The minimum atomic E-state index is 0.118. The third-order valence-electron chi connectivity index (χ3n) is 3.31. The molecular weight excluding hydrogens is 334 g/mol. The van der Waals surface area contributed by atoms with Gasteiger partial charge in [-0.2, -0.15) is 10.2 Å². The van der Waals surface area contributed by atoms with E-state index in [4.69, 9.17) is 34.3 Å². The van der Waals surface area contributed by atoms with Crippen LogP contribution in [0, 0.1) is 13.8 Å². The number of nitrogens with two attached hydrogens (primary N) is 1. The van der Waals surface area contributed by atoms with Crippen LogP contribution < -0.4 is 15.9 Å². The van der Waals surface area contributed by atoms with Crippen LogP contribution in [0.5, 0.6) is 5.75 Å². The number of hydrogen-bond acceptors (Lipinski definition) is 4. The molecule has 8 heteroatoms. The molecular formula is C15H18ClN5OS. The second kappa shape index (κ2) is 7.43. The van der Waals surface area contributed by atoms with Crippen molar-refractivity contribution in [3.05, 3.63) is 45.7 Å². The molecule has 0 saturated heterocycles. The van der Waals surface area contributed by atoms with E-state index in [1.165, 1.54) is 0 Å². The number of aryl methyl sites for hydroxylation is 1. The lowest BCUT2D eigenvalue weighted by Crippen LogP contribution is -2.24. The average molecular weight is 352 g/mol. The maximum atomic E-state index is 6.20. The minimum Gasteiger partial charge on any atom is -0.496 e. The molecule has 1 heterocycles. The van der Waals surface area contributed by atoms with E-state index in [1.807, 2.05) is 36.7 Å². The van der Waals surface area contributed by atoms with Crippen LogP contribution in [0.1, 0.15) is 22.5 Å². The Morgan fingerprint density at radius 1 is 1.52 bits per heavy atom. The molecule has 0 saturated carbocycles. The van der Waals surface area contributed by atoms with Crippen molar-refractivity contribution < 1.29 is 4.74 Å². The van der Waals surface area contributed by atoms with Gasteiger partial charge in [0.1, 0.15) is 5.75 Å². The molecule has 0 fully saturated rings. The fraction of sp³-hybridized carbons (Fsp3) is 0.267. The first-order valence-electron chi connectivity index (χ1n) is 6.87. The van der Waals surface area contributed by atoms with Crippen molar-refractivity contribution in [2.24, 2.45) is 10.8 Å². The Kier molecular flexibility index (Phi) is 5.57. The molecule has 1 aromatic heterocycles. The van der Waals surface area contributed by atoms with Crippen molar-refractivity contribution in [2.75, 3.05) is 7.11 Å². The molecule has 0 atom stereocenters. The number of halogens is 1. The Labute approximate surface area is 145 Å². The predicted octanol–water partition coefficient (Wildman–Crippen LogP) is 2.38. The topological polar surface area (TPSA) is 77.5 Å². The summed E-state index contributed by atoms with van der Waals surface area (Å²) >= 11 is 10.9. The number of hydrazone groups is 1. The molecule has 0 spiro atoms. The Balaban J connectivity index is 2.30. The number of ether oxygens (including phenoxy) is 1. The molecule has 6 nitrogen and oxygen atoms in total. The first-order valence-corrected chi connectivity index (χ1v) is 7.66. The van der Waals surface area contributed by atoms with E-state index >= 15 is 0 Å². The highest BCUT2D eigenvalue weighted by molar-refractivity contribution is 7.80. The van der Waals surface area contributed by atoms with Gasteiger partial charge in [0.15, 0.2) is 5.11 Å². The molecule has 0 bridgehead atoms. The second-order valence-electron chi connectivity index (χ2n) is 4.95. The fourth-order valence-electron chi connectivity index (χ4n) is 2.16. The molecule has 0 aliphatic rings. The summed E-state index contributed by atoms with van der Waals surface area (Å²) in [6.45, 7) is 4.37. The Morgan fingerprint density at radius 3 is 2.83 bits per heavy atom. The number of aromatic nitrogens is 2. The molecule has 2 aromatic rings. The minimum absolute atomic E-state index is 0.118. The normalized spacial score (nSPS) is 11.0. The van der Waals surface area contributed by atoms with Crippen molar-refractivity contribution in [1.29, 1.82) is 0 Å². The lowest BCUT2D eigenvalue weighted by atomic mass is 10.1. The van der Waals surface area contributed by atoms with Crippen molar-refractivity contribution >= 4 is 35.1 Å². The summed E-state index contributed by atoms with van der Waals surface area (Å²) in [6, 6.07) is 5.74. The second-order valence-corrected chi connectivity index (χ2v) is 5.77. The van der Waals surface area contributed by atoms with Gasteiger partial charge < -0.3 is 10.5 Å². The number of rotatable bonds is 5. The smallest absolute Gasteiger partial charge is 0.184 e. The SMILES string of the molecule is COc1ccc(/C=N\NC(N)=S)cc1Cn1nc(C)c(Cl)c1C. The van der Waals surface area contributed by atoms with Gasteiger partial charge in [-0.05, 0) is 49.8 Å². The predicted molar refractivity (Wildman–Crippen MR) is 96.3 cm³/mol. The van der Waals surface area contributed by atoms with Crippen LogP contribution in [0.15, 0.2) is 23.3 Å². The lowest BCUT2D eigenvalue weighted by molar-refractivity contribution is 0.407. The van der Waals surface area contributed by atoms with Gasteiger partial charge in [0, 0.05) is 5.56 Å². The summed E-state index contributed by atoms with van der Waals surface area (Å²) in [4.78, 5) is 0. The molecule has 0 aliphatic heterocycles. The summed E-state index contributed by atoms with van der Waals surface area (Å²) in [5.74, 6) is 0.771. The molecule has 0 unspecified atom stereocenters. The van der Waals surface area contributed by atoms with E-state index in [9.17, 15) is 0 Å². The Bertz CT molecular complexity index is 757. The van der Waals surface area contributed by atoms with Crippen molar-refractivity contribution in [1.82, 2.24) is 15.2 Å². The number of thiocarbonyl (C=S) groups is 1. The lowest BCUT2D eigenvalue weighted by Gasteiger charge is -2.11. The fourth-order valence-corrected chi connectivity index (χ4v) is 2.35. The highest BCUT2D eigenvalue weighted by Gasteiger charge is 2.12. The van der Waals surface area contributed by atoms with E-state index in [2.05, 4.69) is 15.6 Å². The Morgan fingerprint density at radius 2 is 2.26 bits per heavy atom. The zero-order valence-corrected chi connectivity index (χ0v) is 14.7. The van der Waals surface area contributed by atoms with Crippen LogP contribution in [0.2, 0.25) is 5.02 Å². The number of nitrogens with one attached hydrogen (secondary N) is 1. The third kappa shape index (κ3) is 4.20. The zero-order valence-electron chi connectivity index (χ0n) is 13.1. The van der Waals surface area contributed by atoms with E-state index in [0.29, 0.717) is 11.6 Å². The maximum Gasteiger partial charge on any atom is 0.184 e. The van der Waals surface area contributed by atoms with Gasteiger partial charge in [-0.15, -0.1) is 0 Å². The van der Waals surface area contributed by atoms with Crippen molar-refractivity contribution in [2.45, 2.75) is 20.4 Å². The van der Waals surface area contributed by atoms with Crippen LogP contribution >= 0.6 is 23.8 Å². The van der Waals surface area contributed by atoms with Crippen molar-refractivity contribution in [3.63, 3.8) is 0 Å². The summed E-state index contributed by atoms with van der Waals surface area (Å²) < 4.78 is 7.27. The van der Waals surface area contributed by atoms with E-state index in [-0.39, 0.29) is 5.11 Å². The Hall–Kier alpha value is -2.12. The molecule has 0 aliphatic carbocycles. The maximum absolute atomic E-state index is 6.20. The van der Waals surface area contributed by atoms with Gasteiger partial charge in [0.25, 0.3) is 0 Å². The van der Waals surface area contributed by atoms with Crippen LogP contribution in [0.25, 0.3) is 0 Å². The average Bonchev–Trinajstić information content (AvgIpc) is 2.74. The zero-order chi connectivity index (χ0) is 17.0. The highest BCUT2D eigenvalue weighted by Crippen LogP contribution is 2.24.